The summed E-state index contributed by atoms with van der Waals surface area (Å²) in [6.45, 7) is 0.261. The summed E-state index contributed by atoms with van der Waals surface area (Å²) in [5, 5.41) is 29.5. The van der Waals surface area contributed by atoms with Gasteiger partial charge in [0.05, 0.1) is 13.2 Å². The third-order valence-corrected chi connectivity index (χ3v) is 4.67. The topological polar surface area (TPSA) is 97.6 Å². The first-order chi connectivity index (χ1) is 13.6. The van der Waals surface area contributed by atoms with Gasteiger partial charge in [-0.15, -0.1) is 0 Å². The molecular formula is C21H26O7. The average Bonchev–Trinajstić information content (AvgIpc) is 2.74. The maximum Gasteiger partial charge on any atom is 0.186 e. The Bertz CT molecular complexity index is 704. The molecule has 7 heteroatoms. The minimum atomic E-state index is -1.25. The lowest BCUT2D eigenvalue weighted by Gasteiger charge is -2.41. The molecule has 0 aliphatic carbocycles. The van der Waals surface area contributed by atoms with Crippen LogP contribution in [0.5, 0.6) is 5.75 Å². The molecule has 1 aliphatic rings. The van der Waals surface area contributed by atoms with Gasteiger partial charge in [0.2, 0.25) is 0 Å². The summed E-state index contributed by atoms with van der Waals surface area (Å²) < 4.78 is 22.1. The minimum absolute atomic E-state index is 0.195. The van der Waals surface area contributed by atoms with Crippen LogP contribution in [0, 0.1) is 0 Å². The van der Waals surface area contributed by atoms with E-state index in [0.717, 1.165) is 16.9 Å². The van der Waals surface area contributed by atoms with Crippen LogP contribution in [0.1, 0.15) is 11.1 Å². The zero-order valence-electron chi connectivity index (χ0n) is 15.7. The van der Waals surface area contributed by atoms with Crippen molar-refractivity contribution >= 4 is 0 Å². The number of hydrogen-bond donors (Lipinski definition) is 3. The van der Waals surface area contributed by atoms with Crippen molar-refractivity contribution in [1.82, 2.24) is 0 Å². The van der Waals surface area contributed by atoms with Crippen molar-refractivity contribution in [1.29, 1.82) is 0 Å². The SMILES string of the molecule is CO[C@H]1OC(CO)[C@@H](O)C(O)[C@H]1OCc1ccc(OCc2ccccc2)cc1. The molecule has 0 amide bonds. The molecule has 3 rings (SSSR count). The average molecular weight is 390 g/mol. The summed E-state index contributed by atoms with van der Waals surface area (Å²) in [7, 11) is 1.42. The third kappa shape index (κ3) is 5.08. The number of hydrogen-bond acceptors (Lipinski definition) is 7. The zero-order valence-corrected chi connectivity index (χ0v) is 15.7. The number of benzene rings is 2. The molecule has 7 nitrogen and oxygen atoms in total. The van der Waals surface area contributed by atoms with Gasteiger partial charge in [-0.25, -0.2) is 0 Å². The van der Waals surface area contributed by atoms with Crippen LogP contribution in [0.3, 0.4) is 0 Å². The normalized spacial score (nSPS) is 27.5. The lowest BCUT2D eigenvalue weighted by atomic mass is 9.99. The van der Waals surface area contributed by atoms with Gasteiger partial charge in [0, 0.05) is 7.11 Å². The summed E-state index contributed by atoms with van der Waals surface area (Å²) in [6, 6.07) is 17.3. The smallest absolute Gasteiger partial charge is 0.186 e. The summed E-state index contributed by atoms with van der Waals surface area (Å²) >= 11 is 0. The van der Waals surface area contributed by atoms with Crippen molar-refractivity contribution in [3.63, 3.8) is 0 Å². The molecule has 0 aromatic heterocycles. The van der Waals surface area contributed by atoms with E-state index in [4.69, 9.17) is 18.9 Å². The van der Waals surface area contributed by atoms with Gasteiger partial charge in [0.1, 0.15) is 36.8 Å². The van der Waals surface area contributed by atoms with Gasteiger partial charge in [-0.3, -0.25) is 0 Å². The monoisotopic (exact) mass is 390 g/mol. The quantitative estimate of drug-likeness (QED) is 0.624. The van der Waals surface area contributed by atoms with Crippen molar-refractivity contribution in [2.45, 2.75) is 43.9 Å². The van der Waals surface area contributed by atoms with Gasteiger partial charge in [-0.1, -0.05) is 42.5 Å². The summed E-state index contributed by atoms with van der Waals surface area (Å²) in [5.74, 6) is 0.740. The van der Waals surface area contributed by atoms with Crippen molar-refractivity contribution in [2.75, 3.05) is 13.7 Å². The Morgan fingerprint density at radius 2 is 1.57 bits per heavy atom. The van der Waals surface area contributed by atoms with Gasteiger partial charge < -0.3 is 34.3 Å². The minimum Gasteiger partial charge on any atom is -0.489 e. The first kappa shape index (κ1) is 20.7. The van der Waals surface area contributed by atoms with Gasteiger partial charge in [-0.2, -0.15) is 0 Å². The predicted molar refractivity (Wildman–Crippen MR) is 101 cm³/mol. The number of rotatable bonds is 8. The Balaban J connectivity index is 1.53. The molecule has 2 unspecified atom stereocenters. The van der Waals surface area contributed by atoms with Crippen LogP contribution in [-0.4, -0.2) is 59.7 Å². The van der Waals surface area contributed by atoms with E-state index >= 15 is 0 Å². The van der Waals surface area contributed by atoms with E-state index < -0.39 is 37.3 Å². The molecule has 2 aromatic carbocycles. The summed E-state index contributed by atoms with van der Waals surface area (Å²) in [5.41, 5.74) is 1.96. The Kier molecular flexibility index (Phi) is 7.38. The molecule has 1 fully saturated rings. The Morgan fingerprint density at radius 3 is 2.21 bits per heavy atom. The highest BCUT2D eigenvalue weighted by Gasteiger charge is 2.45. The highest BCUT2D eigenvalue weighted by Crippen LogP contribution is 2.25. The zero-order chi connectivity index (χ0) is 19.9. The molecule has 0 bridgehead atoms. The van der Waals surface area contributed by atoms with E-state index in [1.807, 2.05) is 54.6 Å². The Hall–Kier alpha value is -2.00. The van der Waals surface area contributed by atoms with Crippen LogP contribution in [0.2, 0.25) is 0 Å². The Labute approximate surface area is 164 Å². The van der Waals surface area contributed by atoms with Crippen molar-refractivity contribution in [2.24, 2.45) is 0 Å². The first-order valence-corrected chi connectivity index (χ1v) is 9.15. The number of ether oxygens (including phenoxy) is 4. The molecule has 0 spiro atoms. The van der Waals surface area contributed by atoms with Crippen LogP contribution >= 0.6 is 0 Å². The van der Waals surface area contributed by atoms with Crippen LogP contribution < -0.4 is 4.74 Å². The summed E-state index contributed by atoms with van der Waals surface area (Å²) in [4.78, 5) is 0. The fourth-order valence-electron chi connectivity index (χ4n) is 3.04. The fraction of sp³-hybridized carbons (Fsp3) is 0.429. The molecule has 152 valence electrons. The van der Waals surface area contributed by atoms with Crippen LogP contribution in [0.15, 0.2) is 54.6 Å². The van der Waals surface area contributed by atoms with E-state index in [0.29, 0.717) is 6.61 Å². The summed E-state index contributed by atoms with van der Waals surface area (Å²) in [6.07, 6.45) is -5.17. The van der Waals surface area contributed by atoms with Gasteiger partial charge in [0.15, 0.2) is 6.29 Å². The number of methoxy groups -OCH3 is 1. The molecule has 1 saturated heterocycles. The maximum atomic E-state index is 10.3. The van der Waals surface area contributed by atoms with Crippen LogP contribution in [0.4, 0.5) is 0 Å². The number of aliphatic hydroxyl groups excluding tert-OH is 3. The predicted octanol–water partition coefficient (Wildman–Crippen LogP) is 1.24. The second-order valence-electron chi connectivity index (χ2n) is 6.64. The molecule has 1 heterocycles. The van der Waals surface area contributed by atoms with E-state index in [2.05, 4.69) is 0 Å². The first-order valence-electron chi connectivity index (χ1n) is 9.15. The largest absolute Gasteiger partial charge is 0.489 e. The van der Waals surface area contributed by atoms with Gasteiger partial charge in [-0.05, 0) is 23.3 Å². The molecule has 1 aliphatic heterocycles. The third-order valence-electron chi connectivity index (χ3n) is 4.67. The molecule has 0 saturated carbocycles. The second-order valence-corrected chi connectivity index (χ2v) is 6.64. The van der Waals surface area contributed by atoms with E-state index in [-0.39, 0.29) is 6.61 Å². The van der Waals surface area contributed by atoms with E-state index in [1.54, 1.807) is 0 Å². The molecule has 5 atom stereocenters. The van der Waals surface area contributed by atoms with Crippen molar-refractivity contribution < 1.29 is 34.3 Å². The standard InChI is InChI=1S/C21H26O7/c1-25-21-20(19(24)18(23)17(11-22)28-21)27-13-15-7-9-16(10-8-15)26-12-14-5-3-2-4-6-14/h2-10,17-24H,11-13H2,1H3/t17?,18-,19?,20-,21+/m1/s1. The molecule has 2 aromatic rings. The van der Waals surface area contributed by atoms with Crippen molar-refractivity contribution in [3.05, 3.63) is 65.7 Å². The molecule has 28 heavy (non-hydrogen) atoms. The van der Waals surface area contributed by atoms with Crippen LogP contribution in [0.25, 0.3) is 0 Å². The van der Waals surface area contributed by atoms with Crippen LogP contribution in [-0.2, 0) is 27.4 Å². The highest BCUT2D eigenvalue weighted by atomic mass is 16.7. The highest BCUT2D eigenvalue weighted by molar-refractivity contribution is 5.27. The Morgan fingerprint density at radius 1 is 0.893 bits per heavy atom. The van der Waals surface area contributed by atoms with E-state index in [9.17, 15) is 15.3 Å². The molecule has 3 N–H and O–H groups in total. The second kappa shape index (κ2) is 9.97. The van der Waals surface area contributed by atoms with Gasteiger partial charge in [0.25, 0.3) is 0 Å². The number of aliphatic hydroxyl groups is 3. The van der Waals surface area contributed by atoms with Gasteiger partial charge >= 0.3 is 0 Å². The van der Waals surface area contributed by atoms with E-state index in [1.165, 1.54) is 7.11 Å². The molecule has 0 radical (unpaired) electrons. The maximum absolute atomic E-state index is 10.3. The van der Waals surface area contributed by atoms with Crippen molar-refractivity contribution in [3.8, 4) is 5.75 Å². The fourth-order valence-corrected chi connectivity index (χ4v) is 3.04. The lowest BCUT2D eigenvalue weighted by Crippen LogP contribution is -2.59. The lowest BCUT2D eigenvalue weighted by molar-refractivity contribution is -0.305. The molecular weight excluding hydrogens is 364 g/mol.